The van der Waals surface area contributed by atoms with E-state index in [9.17, 15) is 31.5 Å². The second kappa shape index (κ2) is 9.80. The molecule has 0 radical (unpaired) electrons. The van der Waals surface area contributed by atoms with Gasteiger partial charge in [-0.15, -0.1) is 0 Å². The van der Waals surface area contributed by atoms with Crippen molar-refractivity contribution in [1.29, 1.82) is 0 Å². The SMILES string of the molecule is Nc1c(-c2cc(NC(=O)c3cc(F)cc(C(F)(F)F)c3)c3c(c2)C(=O)N[C@H]3c2cc(F)ccc2Cl)ccc2ncnn12. The summed E-state index contributed by atoms with van der Waals surface area (Å²) < 4.78 is 69.7. The molecule has 8 nitrogen and oxygen atoms in total. The van der Waals surface area contributed by atoms with E-state index in [-0.39, 0.29) is 39.3 Å². The zero-order valence-electron chi connectivity index (χ0n) is 20.9. The molecule has 3 aromatic carbocycles. The maximum absolute atomic E-state index is 14.2. The van der Waals surface area contributed by atoms with Crippen LogP contribution in [0.15, 0.2) is 67.0 Å². The quantitative estimate of drug-likeness (QED) is 0.219. The van der Waals surface area contributed by atoms with E-state index in [0.29, 0.717) is 28.9 Å². The molecular formula is C28H16ClF5N6O2. The van der Waals surface area contributed by atoms with Gasteiger partial charge in [0.1, 0.15) is 23.8 Å². The number of amides is 2. The molecule has 0 spiro atoms. The molecule has 1 aliphatic heterocycles. The second-order valence-electron chi connectivity index (χ2n) is 9.40. The fourth-order valence-electron chi connectivity index (χ4n) is 4.89. The Bertz CT molecular complexity index is 1940. The Morgan fingerprint density at radius 1 is 1.00 bits per heavy atom. The van der Waals surface area contributed by atoms with E-state index in [2.05, 4.69) is 20.7 Å². The van der Waals surface area contributed by atoms with Crippen molar-refractivity contribution in [3.05, 3.63) is 111 Å². The molecule has 1 aliphatic rings. The molecule has 1 atom stereocenters. The summed E-state index contributed by atoms with van der Waals surface area (Å²) in [5.41, 5.74) is 5.84. The first-order valence-electron chi connectivity index (χ1n) is 12.1. The Morgan fingerprint density at radius 3 is 2.55 bits per heavy atom. The van der Waals surface area contributed by atoms with Gasteiger partial charge in [0.05, 0.1) is 11.6 Å². The van der Waals surface area contributed by atoms with E-state index < -0.39 is 46.8 Å². The van der Waals surface area contributed by atoms with Gasteiger partial charge >= 0.3 is 6.18 Å². The molecule has 5 aromatic rings. The standard InChI is InChI=1S/C28H16ClF5N6O2/c29-20-3-1-15(30)10-18(20)24-23-19(27(42)39-24)7-12(17-2-4-22-36-11-37-40(22)25(17)35)8-21(23)38-26(41)13-5-14(28(32,33)34)9-16(31)6-13/h1-11,24H,35H2,(H,38,41)(H,39,42)/t24-/m0/s1. The Morgan fingerprint density at radius 2 is 1.79 bits per heavy atom. The lowest BCUT2D eigenvalue weighted by molar-refractivity contribution is -0.137. The number of anilines is 2. The molecule has 212 valence electrons. The van der Waals surface area contributed by atoms with Crippen molar-refractivity contribution < 1.29 is 31.5 Å². The molecule has 0 unspecified atom stereocenters. The highest BCUT2D eigenvalue weighted by Crippen LogP contribution is 2.42. The number of nitrogens with two attached hydrogens (primary N) is 1. The molecule has 42 heavy (non-hydrogen) atoms. The van der Waals surface area contributed by atoms with Crippen molar-refractivity contribution in [3.63, 3.8) is 0 Å². The first-order valence-corrected chi connectivity index (χ1v) is 12.5. The molecule has 3 heterocycles. The number of carbonyl (C=O) groups excluding carboxylic acids is 2. The van der Waals surface area contributed by atoms with Gasteiger partial charge < -0.3 is 16.4 Å². The third-order valence-corrected chi connectivity index (χ3v) is 7.13. The van der Waals surface area contributed by atoms with Crippen molar-refractivity contribution in [1.82, 2.24) is 19.9 Å². The monoisotopic (exact) mass is 598 g/mol. The first-order chi connectivity index (χ1) is 19.9. The highest BCUT2D eigenvalue weighted by atomic mass is 35.5. The van der Waals surface area contributed by atoms with Gasteiger partial charge in [0.2, 0.25) is 0 Å². The number of fused-ring (bicyclic) bond motifs is 2. The third kappa shape index (κ3) is 4.67. The number of carbonyl (C=O) groups is 2. The van der Waals surface area contributed by atoms with Gasteiger partial charge in [0, 0.05) is 38.5 Å². The summed E-state index contributed by atoms with van der Waals surface area (Å²) in [5.74, 6) is -3.47. The topological polar surface area (TPSA) is 114 Å². The summed E-state index contributed by atoms with van der Waals surface area (Å²) in [6.45, 7) is 0. The Balaban J connectivity index is 1.53. The molecule has 0 aliphatic carbocycles. The predicted molar refractivity (Wildman–Crippen MR) is 143 cm³/mol. The van der Waals surface area contributed by atoms with E-state index in [1.165, 1.54) is 29.0 Å². The van der Waals surface area contributed by atoms with E-state index in [0.717, 1.165) is 12.1 Å². The van der Waals surface area contributed by atoms with Crippen LogP contribution in [-0.2, 0) is 6.18 Å². The summed E-state index contributed by atoms with van der Waals surface area (Å²) in [4.78, 5) is 30.5. The maximum Gasteiger partial charge on any atom is 0.416 e. The number of nitrogens with one attached hydrogen (secondary N) is 2. The zero-order valence-corrected chi connectivity index (χ0v) is 21.7. The van der Waals surface area contributed by atoms with Crippen LogP contribution in [0.25, 0.3) is 16.8 Å². The first kappa shape index (κ1) is 27.1. The highest BCUT2D eigenvalue weighted by molar-refractivity contribution is 6.31. The summed E-state index contributed by atoms with van der Waals surface area (Å²) in [6.07, 6.45) is -3.62. The fourth-order valence-corrected chi connectivity index (χ4v) is 5.12. The molecule has 0 saturated carbocycles. The average Bonchev–Trinajstić information content (AvgIpc) is 3.55. The van der Waals surface area contributed by atoms with Crippen molar-refractivity contribution >= 4 is 40.6 Å². The van der Waals surface area contributed by atoms with Gasteiger partial charge in [0.15, 0.2) is 5.65 Å². The minimum absolute atomic E-state index is 0.0351. The summed E-state index contributed by atoms with van der Waals surface area (Å²) in [6, 6.07) is 10.1. The van der Waals surface area contributed by atoms with E-state index in [1.54, 1.807) is 12.1 Å². The fraction of sp³-hybridized carbons (Fsp3) is 0.0714. The number of rotatable bonds is 4. The molecule has 0 fully saturated rings. The number of pyridine rings is 1. The number of nitrogen functional groups attached to an aromatic ring is 1. The number of halogens is 6. The highest BCUT2D eigenvalue weighted by Gasteiger charge is 2.36. The largest absolute Gasteiger partial charge is 0.416 e. The lowest BCUT2D eigenvalue weighted by atomic mass is 9.92. The van der Waals surface area contributed by atoms with Crippen LogP contribution in [0.4, 0.5) is 33.5 Å². The van der Waals surface area contributed by atoms with Crippen molar-refractivity contribution in [2.45, 2.75) is 12.2 Å². The molecule has 2 aromatic heterocycles. The average molecular weight is 599 g/mol. The van der Waals surface area contributed by atoms with Gasteiger partial charge in [-0.1, -0.05) is 11.6 Å². The van der Waals surface area contributed by atoms with Gasteiger partial charge in [-0.2, -0.15) is 22.8 Å². The minimum atomic E-state index is -4.91. The zero-order chi connectivity index (χ0) is 29.9. The molecule has 0 saturated heterocycles. The van der Waals surface area contributed by atoms with Crippen LogP contribution in [0.3, 0.4) is 0 Å². The van der Waals surface area contributed by atoms with Crippen LogP contribution in [0.2, 0.25) is 5.02 Å². The summed E-state index contributed by atoms with van der Waals surface area (Å²) >= 11 is 6.33. The Labute approximate surface area is 237 Å². The molecule has 6 rings (SSSR count). The number of aromatic nitrogens is 3. The van der Waals surface area contributed by atoms with Gasteiger partial charge in [0.25, 0.3) is 11.8 Å². The minimum Gasteiger partial charge on any atom is -0.383 e. The lowest BCUT2D eigenvalue weighted by Crippen LogP contribution is -2.21. The third-order valence-electron chi connectivity index (χ3n) is 6.78. The Hall–Kier alpha value is -5.04. The predicted octanol–water partition coefficient (Wildman–Crippen LogP) is 6.01. The lowest BCUT2D eigenvalue weighted by Gasteiger charge is -2.19. The number of nitrogens with zero attached hydrogens (tertiary/aromatic N) is 3. The van der Waals surface area contributed by atoms with Crippen LogP contribution in [0.5, 0.6) is 0 Å². The van der Waals surface area contributed by atoms with Crippen molar-refractivity contribution in [2.24, 2.45) is 0 Å². The number of hydrogen-bond donors (Lipinski definition) is 3. The van der Waals surface area contributed by atoms with Gasteiger partial charge in [-0.05, 0) is 66.2 Å². The molecular weight excluding hydrogens is 583 g/mol. The van der Waals surface area contributed by atoms with Crippen LogP contribution in [0, 0.1) is 11.6 Å². The van der Waals surface area contributed by atoms with Crippen LogP contribution in [-0.4, -0.2) is 26.4 Å². The van der Waals surface area contributed by atoms with Crippen LogP contribution in [0.1, 0.15) is 43.4 Å². The van der Waals surface area contributed by atoms with Gasteiger partial charge in [-0.3, -0.25) is 9.59 Å². The van der Waals surface area contributed by atoms with E-state index >= 15 is 0 Å². The molecule has 14 heteroatoms. The number of alkyl halides is 3. The normalized spacial score (nSPS) is 14.6. The van der Waals surface area contributed by atoms with Crippen molar-refractivity contribution in [3.8, 4) is 11.1 Å². The maximum atomic E-state index is 14.2. The Kier molecular flexibility index (Phi) is 6.34. The van der Waals surface area contributed by atoms with Gasteiger partial charge in [-0.25, -0.2) is 13.8 Å². The smallest absolute Gasteiger partial charge is 0.383 e. The molecule has 2 amide bonds. The van der Waals surface area contributed by atoms with Crippen LogP contribution < -0.4 is 16.4 Å². The van der Waals surface area contributed by atoms with Crippen molar-refractivity contribution in [2.75, 3.05) is 11.1 Å². The summed E-state index contributed by atoms with van der Waals surface area (Å²) in [5, 5.41) is 9.38. The van der Waals surface area contributed by atoms with E-state index in [1.807, 2.05) is 0 Å². The van der Waals surface area contributed by atoms with E-state index in [4.69, 9.17) is 17.3 Å². The second-order valence-corrected chi connectivity index (χ2v) is 9.81. The number of hydrogen-bond acceptors (Lipinski definition) is 5. The number of benzene rings is 3. The molecule has 0 bridgehead atoms. The molecule has 4 N–H and O–H groups in total. The summed E-state index contributed by atoms with van der Waals surface area (Å²) in [7, 11) is 0. The van der Waals surface area contributed by atoms with Crippen LogP contribution >= 0.6 is 11.6 Å².